The van der Waals surface area contributed by atoms with Gasteiger partial charge in [-0.25, -0.2) is 4.98 Å². The predicted molar refractivity (Wildman–Crippen MR) is 79.1 cm³/mol. The van der Waals surface area contributed by atoms with Crippen LogP contribution in [0.3, 0.4) is 0 Å². The van der Waals surface area contributed by atoms with Crippen LogP contribution in [0.4, 0.5) is 0 Å². The molecule has 1 aromatic heterocycles. The number of methoxy groups -OCH3 is 1. The van der Waals surface area contributed by atoms with Crippen molar-refractivity contribution in [3.63, 3.8) is 0 Å². The highest BCUT2D eigenvalue weighted by Gasteiger charge is 2.24. The fourth-order valence-electron chi connectivity index (χ4n) is 2.91. The van der Waals surface area contributed by atoms with Crippen molar-refractivity contribution in [3.05, 3.63) is 47.5 Å². The molecule has 0 spiro atoms. The number of hydrogen-bond donors (Lipinski definition) is 1. The van der Waals surface area contributed by atoms with Crippen LogP contribution in [0.25, 0.3) is 0 Å². The van der Waals surface area contributed by atoms with E-state index in [1.807, 2.05) is 12.3 Å². The van der Waals surface area contributed by atoms with Crippen LogP contribution in [0.15, 0.2) is 30.6 Å². The van der Waals surface area contributed by atoms with Crippen LogP contribution >= 0.6 is 0 Å². The van der Waals surface area contributed by atoms with Crippen LogP contribution in [0.5, 0.6) is 5.75 Å². The third kappa shape index (κ3) is 2.31. The Hall–Kier alpha value is -1.81. The van der Waals surface area contributed by atoms with E-state index < -0.39 is 0 Å². The molecular formula is C16H21N3O. The standard InChI is InChI=1S/C16H21N3O/c1-3-9-19-10-8-18-16(19)15-14-5-4-13(20-2)11-12(14)6-7-17-15/h4-5,8,10-11,15,17H,3,6-7,9H2,1-2H3. The van der Waals surface area contributed by atoms with Crippen LogP contribution in [-0.4, -0.2) is 23.2 Å². The first-order valence-corrected chi connectivity index (χ1v) is 7.24. The predicted octanol–water partition coefficient (Wildman–Crippen LogP) is 2.54. The van der Waals surface area contributed by atoms with Crippen molar-refractivity contribution in [2.24, 2.45) is 0 Å². The topological polar surface area (TPSA) is 39.1 Å². The monoisotopic (exact) mass is 271 g/mol. The lowest BCUT2D eigenvalue weighted by Gasteiger charge is -2.27. The Morgan fingerprint density at radius 2 is 2.35 bits per heavy atom. The Morgan fingerprint density at radius 1 is 1.45 bits per heavy atom. The summed E-state index contributed by atoms with van der Waals surface area (Å²) >= 11 is 0. The van der Waals surface area contributed by atoms with Gasteiger partial charge in [0.15, 0.2) is 0 Å². The molecule has 0 amide bonds. The average molecular weight is 271 g/mol. The first-order valence-electron chi connectivity index (χ1n) is 7.24. The number of nitrogens with zero attached hydrogens (tertiary/aromatic N) is 2. The number of ether oxygens (including phenoxy) is 1. The third-order valence-corrected chi connectivity index (χ3v) is 3.87. The number of rotatable bonds is 4. The first-order chi connectivity index (χ1) is 9.83. The second-order valence-electron chi connectivity index (χ2n) is 5.18. The molecule has 4 heteroatoms. The summed E-state index contributed by atoms with van der Waals surface area (Å²) in [4.78, 5) is 4.57. The Morgan fingerprint density at radius 3 is 3.15 bits per heavy atom. The first kappa shape index (κ1) is 13.2. The molecule has 0 bridgehead atoms. The van der Waals surface area contributed by atoms with Crippen LogP contribution < -0.4 is 10.1 Å². The largest absolute Gasteiger partial charge is 0.497 e. The zero-order valence-electron chi connectivity index (χ0n) is 12.1. The van der Waals surface area contributed by atoms with Crippen LogP contribution in [0, 0.1) is 0 Å². The van der Waals surface area contributed by atoms with E-state index >= 15 is 0 Å². The number of fused-ring (bicyclic) bond motifs is 1. The molecule has 1 N–H and O–H groups in total. The van der Waals surface area contributed by atoms with Gasteiger partial charge in [0, 0.05) is 25.5 Å². The van der Waals surface area contributed by atoms with Crippen molar-refractivity contribution in [1.29, 1.82) is 0 Å². The number of hydrogen-bond acceptors (Lipinski definition) is 3. The summed E-state index contributed by atoms with van der Waals surface area (Å²) in [5.74, 6) is 2.04. The van der Waals surface area contributed by atoms with Gasteiger partial charge in [-0.1, -0.05) is 13.0 Å². The minimum absolute atomic E-state index is 0.186. The quantitative estimate of drug-likeness (QED) is 0.929. The highest BCUT2D eigenvalue weighted by atomic mass is 16.5. The summed E-state index contributed by atoms with van der Waals surface area (Å²) in [5.41, 5.74) is 2.68. The molecule has 0 saturated heterocycles. The van der Waals surface area contributed by atoms with Gasteiger partial charge in [0.05, 0.1) is 13.2 Å². The van der Waals surface area contributed by atoms with E-state index in [1.54, 1.807) is 7.11 Å². The molecule has 1 atom stereocenters. The molecule has 0 radical (unpaired) electrons. The number of nitrogens with one attached hydrogen (secondary N) is 1. The van der Waals surface area contributed by atoms with E-state index in [2.05, 4.69) is 40.1 Å². The molecule has 1 aliphatic rings. The molecule has 4 nitrogen and oxygen atoms in total. The van der Waals surface area contributed by atoms with Crippen LogP contribution in [0.2, 0.25) is 0 Å². The van der Waals surface area contributed by atoms with Gasteiger partial charge in [-0.15, -0.1) is 0 Å². The zero-order chi connectivity index (χ0) is 13.9. The Balaban J connectivity index is 1.99. The van der Waals surface area contributed by atoms with Gasteiger partial charge in [0.25, 0.3) is 0 Å². The highest BCUT2D eigenvalue weighted by molar-refractivity contribution is 5.41. The lowest BCUT2D eigenvalue weighted by Crippen LogP contribution is -2.32. The van der Waals surface area contributed by atoms with E-state index in [0.717, 1.165) is 37.5 Å². The molecule has 2 aromatic rings. The van der Waals surface area contributed by atoms with Crippen molar-refractivity contribution in [3.8, 4) is 5.75 Å². The van der Waals surface area contributed by atoms with E-state index in [-0.39, 0.29) is 6.04 Å². The molecule has 1 aliphatic heterocycles. The number of aryl methyl sites for hydroxylation is 1. The van der Waals surface area contributed by atoms with Gasteiger partial charge in [-0.05, 0) is 36.1 Å². The van der Waals surface area contributed by atoms with E-state index in [4.69, 9.17) is 4.74 Å². The van der Waals surface area contributed by atoms with Gasteiger partial charge in [0.1, 0.15) is 11.6 Å². The molecule has 106 valence electrons. The zero-order valence-corrected chi connectivity index (χ0v) is 12.1. The minimum Gasteiger partial charge on any atom is -0.497 e. The molecule has 3 rings (SSSR count). The third-order valence-electron chi connectivity index (χ3n) is 3.87. The van der Waals surface area contributed by atoms with Crippen molar-refractivity contribution in [2.75, 3.05) is 13.7 Å². The molecule has 1 unspecified atom stereocenters. The lowest BCUT2D eigenvalue weighted by molar-refractivity contribution is 0.412. The van der Waals surface area contributed by atoms with E-state index in [0.29, 0.717) is 0 Å². The Kier molecular flexibility index (Phi) is 3.74. The van der Waals surface area contributed by atoms with E-state index in [9.17, 15) is 0 Å². The fraction of sp³-hybridized carbons (Fsp3) is 0.438. The molecule has 1 aromatic carbocycles. The minimum atomic E-state index is 0.186. The summed E-state index contributed by atoms with van der Waals surface area (Å²) in [6, 6.07) is 6.53. The summed E-state index contributed by atoms with van der Waals surface area (Å²) in [6.45, 7) is 4.18. The second-order valence-corrected chi connectivity index (χ2v) is 5.18. The molecule has 0 fully saturated rings. The normalized spacial score (nSPS) is 17.8. The van der Waals surface area contributed by atoms with Gasteiger partial charge in [-0.2, -0.15) is 0 Å². The molecular weight excluding hydrogens is 250 g/mol. The maximum Gasteiger partial charge on any atom is 0.130 e. The molecule has 20 heavy (non-hydrogen) atoms. The van der Waals surface area contributed by atoms with Gasteiger partial charge in [0.2, 0.25) is 0 Å². The summed E-state index contributed by atoms with van der Waals surface area (Å²) in [6.07, 6.45) is 6.12. The second kappa shape index (κ2) is 5.67. The summed E-state index contributed by atoms with van der Waals surface area (Å²) in [7, 11) is 1.72. The lowest BCUT2D eigenvalue weighted by atomic mass is 9.93. The van der Waals surface area contributed by atoms with Crippen molar-refractivity contribution < 1.29 is 4.74 Å². The van der Waals surface area contributed by atoms with Crippen molar-refractivity contribution in [1.82, 2.24) is 14.9 Å². The Bertz CT molecular complexity index is 591. The molecule has 0 aliphatic carbocycles. The fourth-order valence-corrected chi connectivity index (χ4v) is 2.91. The summed E-state index contributed by atoms with van der Waals surface area (Å²) in [5, 5.41) is 3.59. The average Bonchev–Trinajstić information content (AvgIpc) is 2.94. The van der Waals surface area contributed by atoms with Gasteiger partial charge >= 0.3 is 0 Å². The maximum absolute atomic E-state index is 5.33. The van der Waals surface area contributed by atoms with Gasteiger partial charge in [-0.3, -0.25) is 0 Å². The van der Waals surface area contributed by atoms with Crippen molar-refractivity contribution in [2.45, 2.75) is 32.4 Å². The number of benzene rings is 1. The maximum atomic E-state index is 5.33. The Labute approximate surface area is 119 Å². The van der Waals surface area contributed by atoms with Crippen LogP contribution in [-0.2, 0) is 13.0 Å². The highest BCUT2D eigenvalue weighted by Crippen LogP contribution is 2.30. The van der Waals surface area contributed by atoms with Crippen LogP contribution in [0.1, 0.15) is 36.3 Å². The smallest absolute Gasteiger partial charge is 0.130 e. The molecule has 0 saturated carbocycles. The molecule has 2 heterocycles. The number of aromatic nitrogens is 2. The van der Waals surface area contributed by atoms with Gasteiger partial charge < -0.3 is 14.6 Å². The van der Waals surface area contributed by atoms with Crippen molar-refractivity contribution >= 4 is 0 Å². The number of imidazole rings is 1. The summed E-state index contributed by atoms with van der Waals surface area (Å²) < 4.78 is 7.57. The SMILES string of the molecule is CCCn1ccnc1C1NCCc2cc(OC)ccc21. The van der Waals surface area contributed by atoms with E-state index in [1.165, 1.54) is 11.1 Å².